The normalized spacial score (nSPS) is 20.9. The molecule has 1 fully saturated rings. The van der Waals surface area contributed by atoms with Crippen molar-refractivity contribution in [1.29, 1.82) is 0 Å². The molecule has 2 atom stereocenters. The van der Waals surface area contributed by atoms with E-state index in [2.05, 4.69) is 5.32 Å². The number of rotatable bonds is 5. The molecule has 2 aliphatic rings. The molecule has 1 saturated heterocycles. The third-order valence-corrected chi connectivity index (χ3v) is 7.96. The average molecular weight is 433 g/mol. The fourth-order valence-electron chi connectivity index (χ4n) is 4.10. The summed E-state index contributed by atoms with van der Waals surface area (Å²) in [5.74, 6) is 1.89. The SMILES string of the molecule is Cc1ccc(C(O)c2c(NC(=O)CN3CCCC(O)C3)sc3c2CCSC3)cc1. The van der Waals surface area contributed by atoms with Gasteiger partial charge in [0.25, 0.3) is 0 Å². The van der Waals surface area contributed by atoms with Crippen LogP contribution in [-0.2, 0) is 17.0 Å². The Morgan fingerprint density at radius 3 is 2.90 bits per heavy atom. The number of anilines is 1. The monoisotopic (exact) mass is 432 g/mol. The van der Waals surface area contributed by atoms with E-state index in [1.54, 1.807) is 11.3 Å². The van der Waals surface area contributed by atoms with Crippen molar-refractivity contribution in [2.45, 2.75) is 44.1 Å². The van der Waals surface area contributed by atoms with Crippen molar-refractivity contribution in [3.63, 3.8) is 0 Å². The van der Waals surface area contributed by atoms with Gasteiger partial charge < -0.3 is 15.5 Å². The summed E-state index contributed by atoms with van der Waals surface area (Å²) in [6, 6.07) is 7.94. The van der Waals surface area contributed by atoms with Gasteiger partial charge in [-0.05, 0) is 49.6 Å². The molecule has 0 radical (unpaired) electrons. The number of aliphatic hydroxyl groups is 2. The molecule has 2 aliphatic heterocycles. The molecular formula is C22H28N2O3S2. The highest BCUT2D eigenvalue weighted by Crippen LogP contribution is 2.44. The number of carbonyl (C=O) groups excluding carboxylic acids is 1. The molecule has 0 saturated carbocycles. The lowest BCUT2D eigenvalue weighted by atomic mass is 9.96. The van der Waals surface area contributed by atoms with Crippen LogP contribution in [0.4, 0.5) is 5.00 Å². The van der Waals surface area contributed by atoms with Crippen LogP contribution in [0.2, 0.25) is 0 Å². The quantitative estimate of drug-likeness (QED) is 0.676. The number of piperidine rings is 1. The van der Waals surface area contributed by atoms with E-state index in [9.17, 15) is 15.0 Å². The first-order valence-electron chi connectivity index (χ1n) is 10.2. The maximum atomic E-state index is 12.7. The minimum atomic E-state index is -0.745. The van der Waals surface area contributed by atoms with Crippen LogP contribution in [0.15, 0.2) is 24.3 Å². The molecule has 2 unspecified atom stereocenters. The summed E-state index contributed by atoms with van der Waals surface area (Å²) in [6.45, 7) is 3.68. The molecular weight excluding hydrogens is 404 g/mol. The minimum absolute atomic E-state index is 0.0808. The summed E-state index contributed by atoms with van der Waals surface area (Å²) in [6.07, 6.45) is 1.55. The van der Waals surface area contributed by atoms with Gasteiger partial charge in [-0.3, -0.25) is 9.69 Å². The van der Waals surface area contributed by atoms with Crippen molar-refractivity contribution < 1.29 is 15.0 Å². The molecule has 29 heavy (non-hydrogen) atoms. The molecule has 156 valence electrons. The van der Waals surface area contributed by atoms with Gasteiger partial charge in [0.2, 0.25) is 5.91 Å². The second-order valence-corrected chi connectivity index (χ2v) is 10.2. The second kappa shape index (κ2) is 9.18. The van der Waals surface area contributed by atoms with Crippen molar-refractivity contribution in [3.8, 4) is 0 Å². The zero-order valence-electron chi connectivity index (χ0n) is 16.7. The Morgan fingerprint density at radius 2 is 2.14 bits per heavy atom. The number of nitrogens with one attached hydrogen (secondary N) is 1. The molecule has 5 nitrogen and oxygen atoms in total. The van der Waals surface area contributed by atoms with Crippen molar-refractivity contribution in [2.24, 2.45) is 0 Å². The van der Waals surface area contributed by atoms with Gasteiger partial charge >= 0.3 is 0 Å². The number of thiophene rings is 1. The van der Waals surface area contributed by atoms with E-state index in [1.165, 1.54) is 10.4 Å². The van der Waals surface area contributed by atoms with Crippen LogP contribution in [0, 0.1) is 6.92 Å². The molecule has 1 aromatic heterocycles. The number of benzene rings is 1. The number of fused-ring (bicyclic) bond motifs is 1. The summed E-state index contributed by atoms with van der Waals surface area (Å²) < 4.78 is 0. The van der Waals surface area contributed by atoms with Crippen LogP contribution in [0.3, 0.4) is 0 Å². The van der Waals surface area contributed by atoms with Crippen LogP contribution in [0.5, 0.6) is 0 Å². The predicted molar refractivity (Wildman–Crippen MR) is 120 cm³/mol. The van der Waals surface area contributed by atoms with Gasteiger partial charge in [-0.2, -0.15) is 11.8 Å². The molecule has 1 aromatic carbocycles. The Morgan fingerprint density at radius 1 is 1.34 bits per heavy atom. The van der Waals surface area contributed by atoms with E-state index in [4.69, 9.17) is 0 Å². The zero-order valence-corrected chi connectivity index (χ0v) is 18.3. The molecule has 4 rings (SSSR count). The second-order valence-electron chi connectivity index (χ2n) is 7.94. The number of aliphatic hydroxyl groups excluding tert-OH is 2. The number of β-amino-alcohol motifs (C(OH)–C–C–N with tert-alkyl or cyclic N) is 1. The number of carbonyl (C=O) groups is 1. The number of likely N-dealkylation sites (tertiary alicyclic amines) is 1. The average Bonchev–Trinajstić information content (AvgIpc) is 3.05. The molecule has 3 N–H and O–H groups in total. The molecule has 7 heteroatoms. The molecule has 3 heterocycles. The predicted octanol–water partition coefficient (Wildman–Crippen LogP) is 3.32. The summed E-state index contributed by atoms with van der Waals surface area (Å²) in [5.41, 5.74) is 4.07. The van der Waals surface area contributed by atoms with Crippen molar-refractivity contribution in [1.82, 2.24) is 4.90 Å². The van der Waals surface area contributed by atoms with Gasteiger partial charge in [0.05, 0.1) is 12.6 Å². The first kappa shape index (κ1) is 20.9. The van der Waals surface area contributed by atoms with Gasteiger partial charge in [-0.15, -0.1) is 11.3 Å². The minimum Gasteiger partial charge on any atom is -0.392 e. The molecule has 1 amide bonds. The zero-order chi connectivity index (χ0) is 20.4. The maximum absolute atomic E-state index is 12.7. The Hall–Kier alpha value is -1.38. The maximum Gasteiger partial charge on any atom is 0.239 e. The molecule has 2 aromatic rings. The number of hydrogen-bond donors (Lipinski definition) is 3. The van der Waals surface area contributed by atoms with Crippen molar-refractivity contribution in [3.05, 3.63) is 51.4 Å². The number of aryl methyl sites for hydroxylation is 1. The van der Waals surface area contributed by atoms with Crippen LogP contribution in [-0.4, -0.2) is 52.5 Å². The van der Waals surface area contributed by atoms with Gasteiger partial charge in [0, 0.05) is 22.7 Å². The van der Waals surface area contributed by atoms with Crippen LogP contribution < -0.4 is 5.32 Å². The van der Waals surface area contributed by atoms with Gasteiger partial charge in [-0.25, -0.2) is 0 Å². The fourth-order valence-corrected chi connectivity index (χ4v) is 6.53. The van der Waals surface area contributed by atoms with Gasteiger partial charge in [0.15, 0.2) is 0 Å². The Labute approximate surface area is 180 Å². The highest BCUT2D eigenvalue weighted by molar-refractivity contribution is 7.98. The standard InChI is InChI=1S/C22H28N2O3S2/c1-14-4-6-15(7-5-14)21(27)20-17-8-10-28-13-18(17)29-22(20)23-19(26)12-24-9-2-3-16(25)11-24/h4-7,16,21,25,27H,2-3,8-13H2,1H3,(H,23,26). The van der Waals surface area contributed by atoms with E-state index in [-0.39, 0.29) is 18.6 Å². The topological polar surface area (TPSA) is 72.8 Å². The third kappa shape index (κ3) is 4.86. The molecule has 0 aliphatic carbocycles. The van der Waals surface area contributed by atoms with Crippen LogP contribution in [0.25, 0.3) is 0 Å². The Kier molecular flexibility index (Phi) is 6.61. The Bertz CT molecular complexity index is 866. The summed E-state index contributed by atoms with van der Waals surface area (Å²) in [7, 11) is 0. The highest BCUT2D eigenvalue weighted by Gasteiger charge is 2.28. The van der Waals surface area contributed by atoms with E-state index < -0.39 is 6.10 Å². The van der Waals surface area contributed by atoms with E-state index in [0.29, 0.717) is 6.54 Å². The van der Waals surface area contributed by atoms with E-state index in [0.717, 1.165) is 59.0 Å². The molecule has 0 spiro atoms. The number of hydrogen-bond acceptors (Lipinski definition) is 6. The van der Waals surface area contributed by atoms with Crippen molar-refractivity contribution >= 4 is 34.0 Å². The van der Waals surface area contributed by atoms with Crippen LogP contribution in [0.1, 0.15) is 46.1 Å². The lowest BCUT2D eigenvalue weighted by Crippen LogP contribution is -2.42. The number of thioether (sulfide) groups is 1. The lowest BCUT2D eigenvalue weighted by Gasteiger charge is -2.29. The smallest absolute Gasteiger partial charge is 0.239 e. The summed E-state index contributed by atoms with van der Waals surface area (Å²) >= 11 is 3.50. The lowest BCUT2D eigenvalue weighted by molar-refractivity contribution is -0.118. The first-order valence-corrected chi connectivity index (χ1v) is 12.2. The first-order chi connectivity index (χ1) is 14.0. The third-order valence-electron chi connectivity index (χ3n) is 5.63. The van der Waals surface area contributed by atoms with E-state index in [1.807, 2.05) is 47.9 Å². The summed E-state index contributed by atoms with van der Waals surface area (Å²) in [4.78, 5) is 16.0. The largest absolute Gasteiger partial charge is 0.392 e. The number of nitrogens with zero attached hydrogens (tertiary/aromatic N) is 1. The summed E-state index contributed by atoms with van der Waals surface area (Å²) in [5, 5.41) is 24.9. The molecule has 0 bridgehead atoms. The van der Waals surface area contributed by atoms with Gasteiger partial charge in [0.1, 0.15) is 11.1 Å². The van der Waals surface area contributed by atoms with E-state index >= 15 is 0 Å². The Balaban J connectivity index is 1.57. The van der Waals surface area contributed by atoms with Crippen LogP contribution >= 0.6 is 23.1 Å². The highest BCUT2D eigenvalue weighted by atomic mass is 32.2. The fraction of sp³-hybridized carbons (Fsp3) is 0.500. The number of amides is 1. The van der Waals surface area contributed by atoms with Gasteiger partial charge in [-0.1, -0.05) is 29.8 Å². The van der Waals surface area contributed by atoms with Crippen molar-refractivity contribution in [2.75, 3.05) is 30.7 Å².